The first-order valence-corrected chi connectivity index (χ1v) is 7.00. The molecule has 0 aliphatic carbocycles. The zero-order valence-electron chi connectivity index (χ0n) is 11.8. The van der Waals surface area contributed by atoms with Gasteiger partial charge in [-0.2, -0.15) is 0 Å². The van der Waals surface area contributed by atoms with Crippen molar-refractivity contribution in [3.05, 3.63) is 29.8 Å². The first-order chi connectivity index (χ1) is 9.65. The average molecular weight is 275 g/mol. The Bertz CT molecular complexity index is 465. The van der Waals surface area contributed by atoms with E-state index in [2.05, 4.69) is 10.6 Å². The van der Waals surface area contributed by atoms with Crippen LogP contribution in [0.3, 0.4) is 0 Å². The van der Waals surface area contributed by atoms with Crippen LogP contribution in [0.15, 0.2) is 24.3 Å². The molecule has 1 aliphatic heterocycles. The standard InChI is InChI=1S/C15H21N3O2/c1-12-4-6-13(7-5-12)16-10-14(19)17-11-15(20)18-8-2-3-9-18/h4-7,16H,2-3,8-11H2,1H3,(H,17,19). The number of nitrogens with zero attached hydrogens (tertiary/aromatic N) is 1. The van der Waals surface area contributed by atoms with Crippen LogP contribution in [0, 0.1) is 6.92 Å². The maximum Gasteiger partial charge on any atom is 0.241 e. The highest BCUT2D eigenvalue weighted by Crippen LogP contribution is 2.08. The van der Waals surface area contributed by atoms with Crippen molar-refractivity contribution in [3.8, 4) is 0 Å². The van der Waals surface area contributed by atoms with Gasteiger partial charge in [0.1, 0.15) is 0 Å². The van der Waals surface area contributed by atoms with Crippen LogP contribution >= 0.6 is 0 Å². The average Bonchev–Trinajstić information content (AvgIpc) is 2.98. The van der Waals surface area contributed by atoms with Crippen molar-refractivity contribution in [1.29, 1.82) is 0 Å². The van der Waals surface area contributed by atoms with Crippen LogP contribution in [0.4, 0.5) is 5.69 Å². The summed E-state index contributed by atoms with van der Waals surface area (Å²) in [4.78, 5) is 25.2. The van der Waals surface area contributed by atoms with Crippen LogP contribution in [0.5, 0.6) is 0 Å². The van der Waals surface area contributed by atoms with Gasteiger partial charge in [-0.1, -0.05) is 17.7 Å². The quantitative estimate of drug-likeness (QED) is 0.847. The van der Waals surface area contributed by atoms with Crippen molar-refractivity contribution in [3.63, 3.8) is 0 Å². The van der Waals surface area contributed by atoms with E-state index >= 15 is 0 Å². The Morgan fingerprint density at radius 3 is 2.40 bits per heavy atom. The van der Waals surface area contributed by atoms with Gasteiger partial charge in [-0.25, -0.2) is 0 Å². The Morgan fingerprint density at radius 1 is 1.10 bits per heavy atom. The van der Waals surface area contributed by atoms with Crippen LogP contribution in [-0.4, -0.2) is 42.9 Å². The summed E-state index contributed by atoms with van der Waals surface area (Å²) < 4.78 is 0. The van der Waals surface area contributed by atoms with Crippen molar-refractivity contribution in [2.24, 2.45) is 0 Å². The SMILES string of the molecule is Cc1ccc(NCC(=O)NCC(=O)N2CCCC2)cc1. The lowest BCUT2D eigenvalue weighted by molar-refractivity contribution is -0.131. The summed E-state index contributed by atoms with van der Waals surface area (Å²) in [5.74, 6) is -0.163. The van der Waals surface area contributed by atoms with Gasteiger partial charge in [-0.05, 0) is 31.9 Å². The number of likely N-dealkylation sites (tertiary alicyclic amines) is 1. The molecular formula is C15H21N3O2. The summed E-state index contributed by atoms with van der Waals surface area (Å²) in [7, 11) is 0. The Labute approximate surface area is 119 Å². The van der Waals surface area contributed by atoms with Gasteiger partial charge in [-0.3, -0.25) is 9.59 Å². The number of aryl methyl sites for hydroxylation is 1. The molecule has 2 amide bonds. The molecule has 1 heterocycles. The number of carbonyl (C=O) groups is 2. The van der Waals surface area contributed by atoms with Crippen LogP contribution in [0.2, 0.25) is 0 Å². The molecule has 0 radical (unpaired) electrons. The Hall–Kier alpha value is -2.04. The van der Waals surface area contributed by atoms with E-state index in [1.165, 1.54) is 5.56 Å². The maximum atomic E-state index is 11.8. The number of hydrogen-bond donors (Lipinski definition) is 2. The van der Waals surface area contributed by atoms with Crippen molar-refractivity contribution >= 4 is 17.5 Å². The van der Waals surface area contributed by atoms with Crippen molar-refractivity contribution < 1.29 is 9.59 Å². The number of hydrogen-bond acceptors (Lipinski definition) is 3. The molecule has 1 aromatic rings. The van der Waals surface area contributed by atoms with Crippen molar-refractivity contribution in [1.82, 2.24) is 10.2 Å². The van der Waals surface area contributed by atoms with E-state index in [-0.39, 0.29) is 24.9 Å². The maximum absolute atomic E-state index is 11.8. The number of benzene rings is 1. The lowest BCUT2D eigenvalue weighted by atomic mass is 10.2. The molecule has 1 aromatic carbocycles. The number of carbonyl (C=O) groups excluding carboxylic acids is 2. The number of anilines is 1. The summed E-state index contributed by atoms with van der Waals surface area (Å²) in [5, 5.41) is 5.68. The zero-order chi connectivity index (χ0) is 14.4. The molecule has 0 bridgehead atoms. The fraction of sp³-hybridized carbons (Fsp3) is 0.467. The molecule has 1 aliphatic rings. The van der Waals surface area contributed by atoms with Gasteiger partial charge in [0.05, 0.1) is 13.1 Å². The monoisotopic (exact) mass is 275 g/mol. The van der Waals surface area contributed by atoms with Gasteiger partial charge in [0.25, 0.3) is 0 Å². The molecule has 2 N–H and O–H groups in total. The topological polar surface area (TPSA) is 61.4 Å². The zero-order valence-corrected chi connectivity index (χ0v) is 11.8. The fourth-order valence-electron chi connectivity index (χ4n) is 2.17. The molecule has 1 saturated heterocycles. The molecule has 0 aromatic heterocycles. The molecular weight excluding hydrogens is 254 g/mol. The van der Waals surface area contributed by atoms with Gasteiger partial charge in [0.15, 0.2) is 0 Å². The second kappa shape index (κ2) is 6.93. The molecule has 0 atom stereocenters. The van der Waals surface area contributed by atoms with E-state index in [0.717, 1.165) is 31.6 Å². The molecule has 1 fully saturated rings. The summed E-state index contributed by atoms with van der Waals surface area (Å²) >= 11 is 0. The number of amides is 2. The minimum atomic E-state index is -0.168. The van der Waals surface area contributed by atoms with E-state index in [1.807, 2.05) is 31.2 Å². The van der Waals surface area contributed by atoms with E-state index in [4.69, 9.17) is 0 Å². The third kappa shape index (κ3) is 4.26. The van der Waals surface area contributed by atoms with E-state index in [1.54, 1.807) is 4.90 Å². The van der Waals surface area contributed by atoms with Crippen LogP contribution in [0.1, 0.15) is 18.4 Å². The minimum absolute atomic E-state index is 0.00573. The first kappa shape index (κ1) is 14.4. The Balaban J connectivity index is 1.67. The predicted octanol–water partition coefficient (Wildman–Crippen LogP) is 1.15. The predicted molar refractivity (Wildman–Crippen MR) is 78.5 cm³/mol. The normalized spacial score (nSPS) is 14.2. The molecule has 108 valence electrons. The van der Waals surface area contributed by atoms with Crippen LogP contribution in [0.25, 0.3) is 0 Å². The highest BCUT2D eigenvalue weighted by molar-refractivity contribution is 5.86. The van der Waals surface area contributed by atoms with Crippen LogP contribution < -0.4 is 10.6 Å². The van der Waals surface area contributed by atoms with Gasteiger partial charge in [-0.15, -0.1) is 0 Å². The second-order valence-corrected chi connectivity index (χ2v) is 5.08. The van der Waals surface area contributed by atoms with E-state index < -0.39 is 0 Å². The molecule has 5 heteroatoms. The van der Waals surface area contributed by atoms with E-state index in [9.17, 15) is 9.59 Å². The van der Waals surface area contributed by atoms with Crippen LogP contribution in [-0.2, 0) is 9.59 Å². The smallest absolute Gasteiger partial charge is 0.241 e. The first-order valence-electron chi connectivity index (χ1n) is 7.00. The summed E-state index contributed by atoms with van der Waals surface area (Å²) in [5.41, 5.74) is 2.08. The molecule has 0 unspecified atom stereocenters. The van der Waals surface area contributed by atoms with Gasteiger partial charge in [0, 0.05) is 18.8 Å². The highest BCUT2D eigenvalue weighted by Gasteiger charge is 2.17. The molecule has 0 saturated carbocycles. The second-order valence-electron chi connectivity index (χ2n) is 5.08. The van der Waals surface area contributed by atoms with Gasteiger partial charge in [0.2, 0.25) is 11.8 Å². The highest BCUT2D eigenvalue weighted by atomic mass is 16.2. The number of rotatable bonds is 5. The molecule has 0 spiro atoms. The van der Waals surface area contributed by atoms with Crippen molar-refractivity contribution in [2.75, 3.05) is 31.5 Å². The fourth-order valence-corrected chi connectivity index (χ4v) is 2.17. The van der Waals surface area contributed by atoms with Crippen molar-refractivity contribution in [2.45, 2.75) is 19.8 Å². The molecule has 20 heavy (non-hydrogen) atoms. The van der Waals surface area contributed by atoms with E-state index in [0.29, 0.717) is 0 Å². The Morgan fingerprint density at radius 2 is 1.75 bits per heavy atom. The number of nitrogens with one attached hydrogen (secondary N) is 2. The largest absolute Gasteiger partial charge is 0.376 e. The lowest BCUT2D eigenvalue weighted by Gasteiger charge is -2.15. The summed E-state index contributed by atoms with van der Waals surface area (Å²) in [6, 6.07) is 7.82. The third-order valence-electron chi connectivity index (χ3n) is 3.40. The summed E-state index contributed by atoms with van der Waals surface area (Å²) in [6.45, 7) is 3.91. The third-order valence-corrected chi connectivity index (χ3v) is 3.40. The summed E-state index contributed by atoms with van der Waals surface area (Å²) in [6.07, 6.45) is 2.13. The van der Waals surface area contributed by atoms with Gasteiger partial charge >= 0.3 is 0 Å². The minimum Gasteiger partial charge on any atom is -0.376 e. The Kier molecular flexibility index (Phi) is 4.98. The van der Waals surface area contributed by atoms with Gasteiger partial charge < -0.3 is 15.5 Å². The molecule has 5 nitrogen and oxygen atoms in total. The lowest BCUT2D eigenvalue weighted by Crippen LogP contribution is -2.40. The molecule has 2 rings (SSSR count).